The summed E-state index contributed by atoms with van der Waals surface area (Å²) in [7, 11) is 0. The molecule has 0 amide bonds. The van der Waals surface area contributed by atoms with Gasteiger partial charge in [0, 0.05) is 17.7 Å². The highest BCUT2D eigenvalue weighted by atomic mass is 19.1. The van der Waals surface area contributed by atoms with Crippen LogP contribution in [0, 0.1) is 15.9 Å². The zero-order chi connectivity index (χ0) is 13.0. The van der Waals surface area contributed by atoms with E-state index in [1.165, 1.54) is 0 Å². The molecule has 0 aliphatic rings. The van der Waals surface area contributed by atoms with E-state index in [9.17, 15) is 19.3 Å². The number of nitrogens with zero attached hydrogens (tertiary/aromatic N) is 1. The van der Waals surface area contributed by atoms with Gasteiger partial charge in [0.15, 0.2) is 5.75 Å². The van der Waals surface area contributed by atoms with Crippen molar-refractivity contribution in [2.24, 2.45) is 0 Å². The molecule has 1 aromatic carbocycles. The van der Waals surface area contributed by atoms with Crippen LogP contribution in [0.25, 0.3) is 6.08 Å². The number of halogens is 1. The Hall–Kier alpha value is -2.44. The predicted octanol–water partition coefficient (Wildman–Crippen LogP) is 1.93. The number of rotatable bonds is 4. The van der Waals surface area contributed by atoms with Gasteiger partial charge in [0.25, 0.3) is 0 Å². The van der Waals surface area contributed by atoms with Gasteiger partial charge in [-0.25, -0.2) is 4.39 Å². The highest BCUT2D eigenvalue weighted by Crippen LogP contribution is 2.29. The largest absolute Gasteiger partial charge is 0.502 e. The average molecular weight is 241 g/mol. The molecule has 0 radical (unpaired) electrons. The van der Waals surface area contributed by atoms with Crippen LogP contribution in [0.1, 0.15) is 12.0 Å². The second-order valence-corrected chi connectivity index (χ2v) is 3.12. The number of nitro groups is 1. The highest BCUT2D eigenvalue weighted by Gasteiger charge is 2.16. The number of phenolic OH excluding ortho intramolecular Hbond substituents is 1. The molecule has 0 spiro atoms. The summed E-state index contributed by atoms with van der Waals surface area (Å²) in [4.78, 5) is 19.8. The van der Waals surface area contributed by atoms with Crippen LogP contribution >= 0.6 is 0 Å². The Balaban J connectivity index is 3.07. The third kappa shape index (κ3) is 3.26. The molecular formula is C10H8FNO5. The predicted molar refractivity (Wildman–Crippen MR) is 56.0 cm³/mol. The second-order valence-electron chi connectivity index (χ2n) is 3.12. The molecule has 2 N–H and O–H groups in total. The molecule has 0 bridgehead atoms. The standard InChI is InChI=1S/C10H8FNO5/c11-7-5-9(13)8(12(16)17)4-6(7)2-1-3-10(14)15/h1-2,4-5,13H,3H2,(H,14,15). The van der Waals surface area contributed by atoms with Gasteiger partial charge in [0.05, 0.1) is 11.3 Å². The summed E-state index contributed by atoms with van der Waals surface area (Å²) in [5.41, 5.74) is -0.794. The van der Waals surface area contributed by atoms with Gasteiger partial charge in [-0.3, -0.25) is 14.9 Å². The summed E-state index contributed by atoms with van der Waals surface area (Å²) in [6.45, 7) is 0. The molecule has 6 nitrogen and oxygen atoms in total. The van der Waals surface area contributed by atoms with Crippen LogP contribution in [0.5, 0.6) is 5.75 Å². The average Bonchev–Trinajstić information content (AvgIpc) is 2.20. The van der Waals surface area contributed by atoms with Crippen molar-refractivity contribution >= 4 is 17.7 Å². The Kier molecular flexibility index (Phi) is 3.76. The molecule has 0 unspecified atom stereocenters. The Morgan fingerprint density at radius 3 is 2.71 bits per heavy atom. The van der Waals surface area contributed by atoms with Gasteiger partial charge in [-0.05, 0) is 0 Å². The van der Waals surface area contributed by atoms with Crippen molar-refractivity contribution in [3.63, 3.8) is 0 Å². The summed E-state index contributed by atoms with van der Waals surface area (Å²) in [5.74, 6) is -2.74. The zero-order valence-corrected chi connectivity index (χ0v) is 8.46. The summed E-state index contributed by atoms with van der Waals surface area (Å²) in [5, 5.41) is 27.9. The summed E-state index contributed by atoms with van der Waals surface area (Å²) in [6.07, 6.45) is 1.94. The van der Waals surface area contributed by atoms with Gasteiger partial charge >= 0.3 is 11.7 Å². The van der Waals surface area contributed by atoms with Crippen LogP contribution in [0.15, 0.2) is 18.2 Å². The topological polar surface area (TPSA) is 101 Å². The minimum atomic E-state index is -1.10. The van der Waals surface area contributed by atoms with Crippen molar-refractivity contribution in [3.05, 3.63) is 39.7 Å². The smallest absolute Gasteiger partial charge is 0.311 e. The van der Waals surface area contributed by atoms with E-state index in [0.717, 1.165) is 18.2 Å². The van der Waals surface area contributed by atoms with Crippen molar-refractivity contribution in [1.82, 2.24) is 0 Å². The first-order valence-electron chi connectivity index (χ1n) is 4.47. The van der Waals surface area contributed by atoms with Gasteiger partial charge in [-0.15, -0.1) is 0 Å². The van der Waals surface area contributed by atoms with E-state index >= 15 is 0 Å². The van der Waals surface area contributed by atoms with Gasteiger partial charge in [0.1, 0.15) is 5.82 Å². The van der Waals surface area contributed by atoms with E-state index in [0.29, 0.717) is 6.07 Å². The number of nitro benzene ring substituents is 1. The van der Waals surface area contributed by atoms with Crippen LogP contribution in [0.3, 0.4) is 0 Å². The number of phenols is 1. The molecule has 0 aliphatic carbocycles. The lowest BCUT2D eigenvalue weighted by Gasteiger charge is -1.99. The molecule has 0 aromatic heterocycles. The van der Waals surface area contributed by atoms with E-state index in [1.54, 1.807) is 0 Å². The van der Waals surface area contributed by atoms with Crippen LogP contribution in [-0.4, -0.2) is 21.1 Å². The molecular weight excluding hydrogens is 233 g/mol. The maximum Gasteiger partial charge on any atom is 0.311 e. The fourth-order valence-electron chi connectivity index (χ4n) is 1.13. The van der Waals surface area contributed by atoms with Gasteiger partial charge < -0.3 is 10.2 Å². The van der Waals surface area contributed by atoms with Crippen molar-refractivity contribution in [1.29, 1.82) is 0 Å². The molecule has 0 heterocycles. The normalized spacial score (nSPS) is 10.6. The second kappa shape index (κ2) is 5.06. The maximum atomic E-state index is 13.2. The number of carboxylic acids is 1. The molecule has 17 heavy (non-hydrogen) atoms. The molecule has 0 saturated carbocycles. The number of carboxylic acid groups (broad SMARTS) is 1. The summed E-state index contributed by atoms with van der Waals surface area (Å²) < 4.78 is 13.2. The fourth-order valence-corrected chi connectivity index (χ4v) is 1.13. The van der Waals surface area contributed by atoms with E-state index < -0.39 is 28.1 Å². The molecule has 0 aliphatic heterocycles. The van der Waals surface area contributed by atoms with E-state index in [1.807, 2.05) is 0 Å². The van der Waals surface area contributed by atoms with Crippen LogP contribution < -0.4 is 0 Å². The Morgan fingerprint density at radius 2 is 2.18 bits per heavy atom. The molecule has 90 valence electrons. The highest BCUT2D eigenvalue weighted by molar-refractivity contribution is 5.70. The minimum Gasteiger partial charge on any atom is -0.502 e. The number of hydrogen-bond donors (Lipinski definition) is 2. The van der Waals surface area contributed by atoms with E-state index in [2.05, 4.69) is 0 Å². The number of aromatic hydroxyl groups is 1. The van der Waals surface area contributed by atoms with Crippen molar-refractivity contribution in [3.8, 4) is 5.75 Å². The SMILES string of the molecule is O=C(O)CC=Cc1cc([N+](=O)[O-])c(O)cc1F. The van der Waals surface area contributed by atoms with E-state index in [4.69, 9.17) is 10.2 Å². The molecule has 0 atom stereocenters. The fraction of sp³-hybridized carbons (Fsp3) is 0.100. The molecule has 0 fully saturated rings. The lowest BCUT2D eigenvalue weighted by molar-refractivity contribution is -0.385. The van der Waals surface area contributed by atoms with Crippen LogP contribution in [-0.2, 0) is 4.79 Å². The van der Waals surface area contributed by atoms with Gasteiger partial charge in [0.2, 0.25) is 0 Å². The van der Waals surface area contributed by atoms with Gasteiger partial charge in [-0.1, -0.05) is 12.2 Å². The minimum absolute atomic E-state index is 0.157. The maximum absolute atomic E-state index is 13.2. The first-order chi connectivity index (χ1) is 7.91. The van der Waals surface area contributed by atoms with Crippen molar-refractivity contribution in [2.45, 2.75) is 6.42 Å². The number of benzene rings is 1. The zero-order valence-electron chi connectivity index (χ0n) is 8.46. The van der Waals surface area contributed by atoms with Crippen molar-refractivity contribution in [2.75, 3.05) is 0 Å². The lowest BCUT2D eigenvalue weighted by atomic mass is 10.1. The van der Waals surface area contributed by atoms with Crippen LogP contribution in [0.4, 0.5) is 10.1 Å². The number of hydrogen-bond acceptors (Lipinski definition) is 4. The Bertz CT molecular complexity index is 498. The first kappa shape index (κ1) is 12.6. The van der Waals surface area contributed by atoms with E-state index in [-0.39, 0.29) is 12.0 Å². The summed E-state index contributed by atoms with van der Waals surface area (Å²) in [6, 6.07) is 1.45. The lowest BCUT2D eigenvalue weighted by Crippen LogP contribution is -1.93. The molecule has 1 aromatic rings. The Labute approximate surface area is 94.8 Å². The Morgan fingerprint density at radius 1 is 1.53 bits per heavy atom. The molecule has 0 saturated heterocycles. The quantitative estimate of drug-likeness (QED) is 0.619. The summed E-state index contributed by atoms with van der Waals surface area (Å²) >= 11 is 0. The molecule has 7 heteroatoms. The third-order valence-electron chi connectivity index (χ3n) is 1.88. The third-order valence-corrected chi connectivity index (χ3v) is 1.88. The number of carbonyl (C=O) groups is 1. The first-order valence-corrected chi connectivity index (χ1v) is 4.47. The van der Waals surface area contributed by atoms with Gasteiger partial charge in [-0.2, -0.15) is 0 Å². The number of aliphatic carboxylic acids is 1. The monoisotopic (exact) mass is 241 g/mol. The van der Waals surface area contributed by atoms with Crippen molar-refractivity contribution < 1.29 is 24.3 Å². The molecule has 1 rings (SSSR count). The van der Waals surface area contributed by atoms with Crippen LogP contribution in [0.2, 0.25) is 0 Å².